The van der Waals surface area contributed by atoms with Gasteiger partial charge in [-0.2, -0.15) is 0 Å². The zero-order chi connectivity index (χ0) is 20.0. The highest BCUT2D eigenvalue weighted by molar-refractivity contribution is 6.02. The number of benzene rings is 2. The van der Waals surface area contributed by atoms with E-state index < -0.39 is 12.1 Å². The summed E-state index contributed by atoms with van der Waals surface area (Å²) in [5.41, 5.74) is 7.51. The maximum Gasteiger partial charge on any atom is 0.316 e. The second-order valence-electron chi connectivity index (χ2n) is 6.57. The molecule has 7 nitrogen and oxygen atoms in total. The fourth-order valence-corrected chi connectivity index (χ4v) is 2.58. The Labute approximate surface area is 158 Å². The van der Waals surface area contributed by atoms with Crippen LogP contribution in [0.1, 0.15) is 29.8 Å². The smallest absolute Gasteiger partial charge is 0.316 e. The van der Waals surface area contributed by atoms with Crippen LogP contribution in [0.2, 0.25) is 0 Å². The predicted octanol–water partition coefficient (Wildman–Crippen LogP) is 2.88. The van der Waals surface area contributed by atoms with Crippen LogP contribution in [0.4, 0.5) is 16.2 Å². The van der Waals surface area contributed by atoms with Gasteiger partial charge in [0.15, 0.2) is 0 Å². The Bertz CT molecular complexity index is 831. The number of urea groups is 1. The summed E-state index contributed by atoms with van der Waals surface area (Å²) in [5, 5.41) is 8.03. The number of nitrogens with one attached hydrogen (secondary N) is 3. The summed E-state index contributed by atoms with van der Waals surface area (Å²) in [6.07, 6.45) is 0. The summed E-state index contributed by atoms with van der Waals surface area (Å²) in [7, 11) is 0. The van der Waals surface area contributed by atoms with Crippen LogP contribution >= 0.6 is 0 Å². The second kappa shape index (κ2) is 8.84. The van der Waals surface area contributed by atoms with Gasteiger partial charge in [0.1, 0.15) is 6.04 Å². The van der Waals surface area contributed by atoms with Crippen molar-refractivity contribution in [1.82, 2.24) is 5.32 Å². The third-order valence-electron chi connectivity index (χ3n) is 4.05. The van der Waals surface area contributed by atoms with Crippen LogP contribution in [0.25, 0.3) is 0 Å². The van der Waals surface area contributed by atoms with E-state index >= 15 is 0 Å². The number of anilines is 2. The van der Waals surface area contributed by atoms with Gasteiger partial charge in [0.2, 0.25) is 5.91 Å². The molecule has 0 saturated heterocycles. The van der Waals surface area contributed by atoms with Crippen molar-refractivity contribution in [3.8, 4) is 0 Å². The van der Waals surface area contributed by atoms with Crippen LogP contribution in [0.15, 0.2) is 48.5 Å². The first-order valence-corrected chi connectivity index (χ1v) is 8.62. The molecular formula is C20H24N4O3. The van der Waals surface area contributed by atoms with E-state index in [1.54, 1.807) is 36.4 Å². The van der Waals surface area contributed by atoms with Gasteiger partial charge in [0.25, 0.3) is 5.91 Å². The van der Waals surface area contributed by atoms with Crippen LogP contribution in [0.5, 0.6) is 0 Å². The Balaban J connectivity index is 2.07. The lowest BCUT2D eigenvalue weighted by Gasteiger charge is -2.22. The van der Waals surface area contributed by atoms with E-state index in [0.717, 1.165) is 5.56 Å². The Hall–Kier alpha value is -3.35. The molecular weight excluding hydrogens is 344 g/mol. The number of carbonyl (C=O) groups is 3. The number of hydrogen-bond acceptors (Lipinski definition) is 3. The molecule has 2 aromatic rings. The average Bonchev–Trinajstić information content (AvgIpc) is 2.60. The van der Waals surface area contributed by atoms with Gasteiger partial charge in [-0.1, -0.05) is 32.0 Å². The van der Waals surface area contributed by atoms with E-state index in [1.807, 2.05) is 32.9 Å². The van der Waals surface area contributed by atoms with E-state index in [1.165, 1.54) is 0 Å². The lowest BCUT2D eigenvalue weighted by Crippen LogP contribution is -2.47. The molecule has 0 aliphatic carbocycles. The number of amides is 4. The maximum atomic E-state index is 12.7. The topological polar surface area (TPSA) is 113 Å². The van der Waals surface area contributed by atoms with E-state index in [4.69, 9.17) is 5.73 Å². The van der Waals surface area contributed by atoms with E-state index in [0.29, 0.717) is 16.9 Å². The minimum Gasteiger partial charge on any atom is -0.351 e. The molecule has 0 aliphatic rings. The molecule has 27 heavy (non-hydrogen) atoms. The highest BCUT2D eigenvalue weighted by Crippen LogP contribution is 2.15. The van der Waals surface area contributed by atoms with Crippen molar-refractivity contribution in [3.05, 3.63) is 59.7 Å². The molecule has 4 amide bonds. The van der Waals surface area contributed by atoms with Gasteiger partial charge in [-0.15, -0.1) is 0 Å². The van der Waals surface area contributed by atoms with Crippen LogP contribution < -0.4 is 21.7 Å². The van der Waals surface area contributed by atoms with Crippen LogP contribution in [-0.2, 0) is 4.79 Å². The van der Waals surface area contributed by atoms with E-state index in [9.17, 15) is 14.4 Å². The highest BCUT2D eigenvalue weighted by Gasteiger charge is 2.25. The van der Waals surface area contributed by atoms with E-state index in [-0.39, 0.29) is 17.7 Å². The average molecular weight is 368 g/mol. The fourth-order valence-electron chi connectivity index (χ4n) is 2.58. The lowest BCUT2D eigenvalue weighted by molar-refractivity contribution is -0.118. The van der Waals surface area contributed by atoms with Crippen molar-refractivity contribution in [2.75, 3.05) is 10.6 Å². The zero-order valence-corrected chi connectivity index (χ0v) is 15.6. The highest BCUT2D eigenvalue weighted by atomic mass is 16.2. The van der Waals surface area contributed by atoms with Gasteiger partial charge in [-0.05, 0) is 48.7 Å². The molecule has 0 bridgehead atoms. The summed E-state index contributed by atoms with van der Waals surface area (Å²) in [6.45, 7) is 5.57. The van der Waals surface area contributed by atoms with Crippen molar-refractivity contribution in [3.63, 3.8) is 0 Å². The molecule has 0 aromatic heterocycles. The van der Waals surface area contributed by atoms with Crippen molar-refractivity contribution < 1.29 is 14.4 Å². The quantitative estimate of drug-likeness (QED) is 0.628. The largest absolute Gasteiger partial charge is 0.351 e. The lowest BCUT2D eigenvalue weighted by atomic mass is 10.0. The van der Waals surface area contributed by atoms with Gasteiger partial charge in [-0.3, -0.25) is 9.59 Å². The van der Waals surface area contributed by atoms with Crippen molar-refractivity contribution in [1.29, 1.82) is 0 Å². The standard InChI is InChI=1S/C20H24N4O3/c1-12(2)17(24-18(25)16-7-5-4-6-13(16)3)19(26)22-14-8-10-15(11-9-14)23-20(21)27/h4-12,17H,1-3H3,(H,22,26)(H,24,25)(H3,21,23,27). The molecule has 1 unspecified atom stereocenters. The number of aryl methyl sites for hydroxylation is 1. The number of primary amides is 1. The Kier molecular flexibility index (Phi) is 6.54. The van der Waals surface area contributed by atoms with E-state index in [2.05, 4.69) is 16.0 Å². The summed E-state index contributed by atoms with van der Waals surface area (Å²) in [4.78, 5) is 36.0. The number of nitrogens with two attached hydrogens (primary N) is 1. The summed E-state index contributed by atoms with van der Waals surface area (Å²) >= 11 is 0. The Morgan fingerprint density at radius 1 is 0.889 bits per heavy atom. The molecule has 7 heteroatoms. The minimum absolute atomic E-state index is 0.103. The van der Waals surface area contributed by atoms with Gasteiger partial charge >= 0.3 is 6.03 Å². The van der Waals surface area contributed by atoms with Crippen LogP contribution in [0, 0.1) is 12.8 Å². The van der Waals surface area contributed by atoms with Gasteiger partial charge < -0.3 is 21.7 Å². The third-order valence-corrected chi connectivity index (χ3v) is 4.05. The molecule has 5 N–H and O–H groups in total. The van der Waals surface area contributed by atoms with Crippen molar-refractivity contribution in [2.45, 2.75) is 26.8 Å². The number of rotatable bonds is 6. The minimum atomic E-state index is -0.694. The molecule has 0 heterocycles. The monoisotopic (exact) mass is 368 g/mol. The molecule has 0 saturated carbocycles. The first kappa shape index (κ1) is 20.0. The molecule has 0 radical (unpaired) electrons. The normalized spacial score (nSPS) is 11.6. The summed E-state index contributed by atoms with van der Waals surface area (Å²) in [6, 6.07) is 12.4. The van der Waals surface area contributed by atoms with Gasteiger partial charge in [-0.25, -0.2) is 4.79 Å². The first-order valence-electron chi connectivity index (χ1n) is 8.62. The molecule has 2 aromatic carbocycles. The molecule has 2 rings (SSSR count). The van der Waals surface area contributed by atoms with Crippen molar-refractivity contribution >= 4 is 29.2 Å². The number of carbonyl (C=O) groups excluding carboxylic acids is 3. The van der Waals surface area contributed by atoms with Crippen LogP contribution in [0.3, 0.4) is 0 Å². The molecule has 0 aliphatic heterocycles. The van der Waals surface area contributed by atoms with Crippen LogP contribution in [-0.4, -0.2) is 23.9 Å². The maximum absolute atomic E-state index is 12.7. The Morgan fingerprint density at radius 2 is 1.44 bits per heavy atom. The van der Waals surface area contributed by atoms with Gasteiger partial charge in [0, 0.05) is 16.9 Å². The predicted molar refractivity (Wildman–Crippen MR) is 106 cm³/mol. The molecule has 1 atom stereocenters. The third kappa shape index (κ3) is 5.57. The Morgan fingerprint density at radius 3 is 1.96 bits per heavy atom. The first-order chi connectivity index (χ1) is 12.8. The van der Waals surface area contributed by atoms with Gasteiger partial charge in [0.05, 0.1) is 0 Å². The second-order valence-corrected chi connectivity index (χ2v) is 6.57. The molecule has 0 fully saturated rings. The zero-order valence-electron chi connectivity index (χ0n) is 15.6. The van der Waals surface area contributed by atoms with Crippen molar-refractivity contribution in [2.24, 2.45) is 11.7 Å². The molecule has 0 spiro atoms. The summed E-state index contributed by atoms with van der Waals surface area (Å²) < 4.78 is 0. The summed E-state index contributed by atoms with van der Waals surface area (Å²) in [5.74, 6) is -0.709. The SMILES string of the molecule is Cc1ccccc1C(=O)NC(C(=O)Nc1ccc(NC(N)=O)cc1)C(C)C. The number of hydrogen-bond donors (Lipinski definition) is 4. The molecule has 142 valence electrons. The fraction of sp³-hybridized carbons (Fsp3) is 0.250.